The predicted molar refractivity (Wildman–Crippen MR) is 108 cm³/mol. The van der Waals surface area contributed by atoms with Crippen molar-refractivity contribution in [2.24, 2.45) is 0 Å². The molecule has 2 aromatic heterocycles. The van der Waals surface area contributed by atoms with Crippen LogP contribution in [0.1, 0.15) is 5.56 Å². The molecule has 0 bridgehead atoms. The third kappa shape index (κ3) is 4.30. The number of ether oxygens (including phenoxy) is 3. The second kappa shape index (κ2) is 8.78. The summed E-state index contributed by atoms with van der Waals surface area (Å²) in [6.07, 6.45) is 1.68. The van der Waals surface area contributed by atoms with E-state index in [9.17, 15) is 8.78 Å². The number of para-hydroxylation sites is 1. The molecular weight excluding hydrogens is 406 g/mol. The van der Waals surface area contributed by atoms with Crippen molar-refractivity contribution in [3.05, 3.63) is 78.0 Å². The number of aromatic nitrogens is 4. The Bertz CT molecular complexity index is 1170. The Balaban J connectivity index is 1.63. The van der Waals surface area contributed by atoms with E-state index < -0.39 is 11.6 Å². The maximum Gasteiger partial charge on any atom is 0.257 e. The summed E-state index contributed by atoms with van der Waals surface area (Å²) >= 11 is 0. The van der Waals surface area contributed by atoms with E-state index in [1.807, 2.05) is 6.07 Å². The van der Waals surface area contributed by atoms with Gasteiger partial charge < -0.3 is 14.2 Å². The van der Waals surface area contributed by atoms with Crippen molar-refractivity contribution < 1.29 is 23.0 Å². The first kappa shape index (κ1) is 20.3. The lowest BCUT2D eigenvalue weighted by atomic mass is 10.1. The van der Waals surface area contributed by atoms with Gasteiger partial charge in [0, 0.05) is 11.8 Å². The molecule has 9 heteroatoms. The van der Waals surface area contributed by atoms with Gasteiger partial charge in [-0.2, -0.15) is 15.1 Å². The summed E-state index contributed by atoms with van der Waals surface area (Å²) in [6, 6.07) is 14.1. The molecule has 0 aliphatic heterocycles. The topological polar surface area (TPSA) is 71.3 Å². The van der Waals surface area contributed by atoms with Gasteiger partial charge in [-0.05, 0) is 30.3 Å². The van der Waals surface area contributed by atoms with Gasteiger partial charge in [-0.1, -0.05) is 18.2 Å². The Labute approximate surface area is 176 Å². The quantitative estimate of drug-likeness (QED) is 0.443. The Hall–Kier alpha value is -4.01. The first-order chi connectivity index (χ1) is 15.1. The van der Waals surface area contributed by atoms with Crippen molar-refractivity contribution in [1.29, 1.82) is 0 Å². The fraction of sp³-hybridized carbons (Fsp3) is 0.136. The summed E-state index contributed by atoms with van der Waals surface area (Å²) < 4.78 is 45.4. The predicted octanol–water partition coefficient (Wildman–Crippen LogP) is 4.20. The first-order valence-electron chi connectivity index (χ1n) is 9.27. The van der Waals surface area contributed by atoms with Gasteiger partial charge in [0.15, 0.2) is 0 Å². The SMILES string of the molecule is COc1cc(OC)nc(-n2ccc(-c3ccccc3OCc3c(F)cccc3F)n2)n1. The van der Waals surface area contributed by atoms with E-state index in [0.29, 0.717) is 28.8 Å². The van der Waals surface area contributed by atoms with Gasteiger partial charge >= 0.3 is 0 Å². The summed E-state index contributed by atoms with van der Waals surface area (Å²) in [5, 5.41) is 4.50. The minimum absolute atomic E-state index is 0.139. The Morgan fingerprint density at radius 1 is 0.871 bits per heavy atom. The molecule has 7 nitrogen and oxygen atoms in total. The molecule has 0 radical (unpaired) electrons. The van der Waals surface area contributed by atoms with Crippen molar-refractivity contribution in [2.75, 3.05) is 14.2 Å². The van der Waals surface area contributed by atoms with Crippen molar-refractivity contribution in [3.63, 3.8) is 0 Å². The highest BCUT2D eigenvalue weighted by Crippen LogP contribution is 2.30. The maximum atomic E-state index is 13.9. The van der Waals surface area contributed by atoms with Crippen LogP contribution < -0.4 is 14.2 Å². The number of methoxy groups -OCH3 is 2. The van der Waals surface area contributed by atoms with Gasteiger partial charge in [0.05, 0.1) is 31.5 Å². The number of halogens is 2. The summed E-state index contributed by atoms with van der Waals surface area (Å²) in [6.45, 7) is -0.258. The number of hydrogen-bond acceptors (Lipinski definition) is 6. The molecule has 0 saturated carbocycles. The molecule has 0 N–H and O–H groups in total. The van der Waals surface area contributed by atoms with Gasteiger partial charge in [0.2, 0.25) is 11.8 Å². The molecule has 0 amide bonds. The summed E-state index contributed by atoms with van der Waals surface area (Å²) in [5.74, 6) is 0.0228. The minimum Gasteiger partial charge on any atom is -0.488 e. The van der Waals surface area contributed by atoms with Crippen LogP contribution in [0.4, 0.5) is 8.78 Å². The zero-order chi connectivity index (χ0) is 21.8. The van der Waals surface area contributed by atoms with Crippen molar-refractivity contribution >= 4 is 0 Å². The molecule has 0 aliphatic carbocycles. The highest BCUT2D eigenvalue weighted by Gasteiger charge is 2.14. The average Bonchev–Trinajstić information content (AvgIpc) is 3.29. The molecule has 158 valence electrons. The number of hydrogen-bond donors (Lipinski definition) is 0. The van der Waals surface area contributed by atoms with Crippen molar-refractivity contribution in [1.82, 2.24) is 19.7 Å². The Morgan fingerprint density at radius 3 is 2.23 bits per heavy atom. The van der Waals surface area contributed by atoms with Gasteiger partial charge in [-0.3, -0.25) is 0 Å². The van der Waals surface area contributed by atoms with Crippen LogP contribution in [-0.4, -0.2) is 34.0 Å². The van der Waals surface area contributed by atoms with Gasteiger partial charge in [0.25, 0.3) is 5.95 Å². The van der Waals surface area contributed by atoms with E-state index in [1.54, 1.807) is 36.5 Å². The standard InChI is InChI=1S/C22H18F2N4O3/c1-29-20-12-21(30-2)26-22(25-20)28-11-10-18(27-28)14-6-3-4-9-19(14)31-13-15-16(23)7-5-8-17(15)24/h3-12H,13H2,1-2H3. The summed E-state index contributed by atoms with van der Waals surface area (Å²) in [4.78, 5) is 8.53. The second-order valence-corrected chi connectivity index (χ2v) is 6.38. The molecule has 31 heavy (non-hydrogen) atoms. The van der Waals surface area contributed by atoms with Crippen LogP contribution in [0.2, 0.25) is 0 Å². The minimum atomic E-state index is -0.661. The number of nitrogens with zero attached hydrogens (tertiary/aromatic N) is 4. The van der Waals surface area contributed by atoms with Crippen molar-refractivity contribution in [2.45, 2.75) is 6.61 Å². The second-order valence-electron chi connectivity index (χ2n) is 6.38. The molecule has 2 aromatic carbocycles. The molecular formula is C22H18F2N4O3. The highest BCUT2D eigenvalue weighted by atomic mass is 19.1. The van der Waals surface area contributed by atoms with Gasteiger partial charge in [-0.15, -0.1) is 0 Å². The lowest BCUT2D eigenvalue weighted by Crippen LogP contribution is -2.05. The summed E-state index contributed by atoms with van der Waals surface area (Å²) in [7, 11) is 2.98. The Kier molecular flexibility index (Phi) is 5.74. The monoisotopic (exact) mass is 424 g/mol. The molecule has 4 rings (SSSR count). The lowest BCUT2D eigenvalue weighted by molar-refractivity contribution is 0.293. The van der Waals surface area contributed by atoms with E-state index in [4.69, 9.17) is 14.2 Å². The molecule has 0 atom stereocenters. The molecule has 0 aliphatic rings. The van der Waals surface area contributed by atoms with Crippen LogP contribution in [0.25, 0.3) is 17.2 Å². The summed E-state index contributed by atoms with van der Waals surface area (Å²) in [5.41, 5.74) is 1.07. The smallest absolute Gasteiger partial charge is 0.257 e. The third-order valence-electron chi connectivity index (χ3n) is 4.48. The van der Waals surface area contributed by atoms with E-state index >= 15 is 0 Å². The third-order valence-corrected chi connectivity index (χ3v) is 4.48. The molecule has 0 saturated heterocycles. The molecule has 4 aromatic rings. The van der Waals surface area contributed by atoms with Crippen LogP contribution in [0.15, 0.2) is 60.8 Å². The Morgan fingerprint density at radius 2 is 1.55 bits per heavy atom. The zero-order valence-electron chi connectivity index (χ0n) is 16.8. The molecule has 0 spiro atoms. The molecule has 2 heterocycles. The zero-order valence-corrected chi connectivity index (χ0v) is 16.8. The fourth-order valence-electron chi connectivity index (χ4n) is 2.91. The molecule has 0 unspecified atom stereocenters. The maximum absolute atomic E-state index is 13.9. The van der Waals surface area contributed by atoms with Crippen LogP contribution in [-0.2, 0) is 6.61 Å². The highest BCUT2D eigenvalue weighted by molar-refractivity contribution is 5.66. The first-order valence-corrected chi connectivity index (χ1v) is 9.27. The van der Waals surface area contributed by atoms with Gasteiger partial charge in [-0.25, -0.2) is 13.5 Å². The number of rotatable bonds is 7. The lowest BCUT2D eigenvalue weighted by Gasteiger charge is -2.11. The van der Waals surface area contributed by atoms with Crippen LogP contribution in [0, 0.1) is 11.6 Å². The van der Waals surface area contributed by atoms with Crippen LogP contribution in [0.5, 0.6) is 17.5 Å². The largest absolute Gasteiger partial charge is 0.488 e. The van der Waals surface area contributed by atoms with Crippen LogP contribution in [0.3, 0.4) is 0 Å². The van der Waals surface area contributed by atoms with E-state index in [1.165, 1.54) is 37.1 Å². The van der Waals surface area contributed by atoms with Crippen molar-refractivity contribution in [3.8, 4) is 34.7 Å². The van der Waals surface area contributed by atoms with Gasteiger partial charge in [0.1, 0.15) is 24.0 Å². The average molecular weight is 424 g/mol. The van der Waals surface area contributed by atoms with E-state index in [2.05, 4.69) is 15.1 Å². The normalized spacial score (nSPS) is 10.7. The number of benzene rings is 2. The fourth-order valence-corrected chi connectivity index (χ4v) is 2.91. The van der Waals surface area contributed by atoms with Crippen LogP contribution >= 0.6 is 0 Å². The van der Waals surface area contributed by atoms with E-state index in [0.717, 1.165) is 0 Å². The molecule has 0 fully saturated rings. The van der Waals surface area contributed by atoms with E-state index in [-0.39, 0.29) is 18.1 Å².